The highest BCUT2D eigenvalue weighted by Crippen LogP contribution is 2.41. The molecule has 0 fully saturated rings. The number of anilines is 1. The Bertz CT molecular complexity index is 1200. The molecule has 3 heterocycles. The van der Waals surface area contributed by atoms with Crippen LogP contribution in [0.15, 0.2) is 84.4 Å². The molecule has 3 nitrogen and oxygen atoms in total. The van der Waals surface area contributed by atoms with Crippen LogP contribution >= 0.6 is 0 Å². The van der Waals surface area contributed by atoms with Crippen LogP contribution in [0.3, 0.4) is 0 Å². The Kier molecular flexibility index (Phi) is 3.30. The molecule has 2 aromatic carbocycles. The summed E-state index contributed by atoms with van der Waals surface area (Å²) in [5.41, 5.74) is 8.88. The second-order valence-corrected chi connectivity index (χ2v) is 7.71. The van der Waals surface area contributed by atoms with Crippen molar-refractivity contribution < 1.29 is 0 Å². The summed E-state index contributed by atoms with van der Waals surface area (Å²) >= 11 is 0. The third kappa shape index (κ3) is 2.15. The van der Waals surface area contributed by atoms with Crippen molar-refractivity contribution in [2.45, 2.75) is 19.8 Å². The van der Waals surface area contributed by atoms with Gasteiger partial charge in [-0.2, -0.15) is 0 Å². The summed E-state index contributed by atoms with van der Waals surface area (Å²) in [6, 6.07) is 15.4. The predicted octanol–water partition coefficient (Wildman–Crippen LogP) is 4.55. The van der Waals surface area contributed by atoms with Crippen LogP contribution in [0.25, 0.3) is 17.5 Å². The highest BCUT2D eigenvalue weighted by Gasteiger charge is 2.41. The molecule has 4 heteroatoms. The number of fused-ring (bicyclic) bond motifs is 10. The molecule has 1 aromatic heterocycles. The van der Waals surface area contributed by atoms with Gasteiger partial charge in [-0.15, -0.1) is 0 Å². The van der Waals surface area contributed by atoms with Crippen molar-refractivity contribution in [3.63, 3.8) is 0 Å². The molecule has 3 aromatic rings. The minimum Gasteiger partial charge on any atom is -0.361 e. The molecule has 3 aliphatic rings. The zero-order valence-electron chi connectivity index (χ0n) is 15.8. The van der Waals surface area contributed by atoms with Gasteiger partial charge < -0.3 is 9.29 Å². The first-order valence-electron chi connectivity index (χ1n) is 9.92. The number of aromatic nitrogens is 2. The highest BCUT2D eigenvalue weighted by molar-refractivity contribution is 6.77. The van der Waals surface area contributed by atoms with Crippen LogP contribution in [-0.2, 0) is 0 Å². The molecule has 0 amide bonds. The largest absolute Gasteiger partial charge is 0.422 e. The van der Waals surface area contributed by atoms with Gasteiger partial charge in [-0.05, 0) is 54.1 Å². The molecule has 2 aliphatic heterocycles. The quantitative estimate of drug-likeness (QED) is 0.548. The van der Waals surface area contributed by atoms with Crippen LogP contribution in [-0.4, -0.2) is 16.4 Å². The minimum absolute atomic E-state index is 0.0562. The summed E-state index contributed by atoms with van der Waals surface area (Å²) in [5.74, 6) is 1.04. The van der Waals surface area contributed by atoms with E-state index in [0.717, 1.165) is 18.7 Å². The fourth-order valence-electron chi connectivity index (χ4n) is 4.71. The first-order valence-corrected chi connectivity index (χ1v) is 9.92. The molecule has 0 spiro atoms. The summed E-state index contributed by atoms with van der Waals surface area (Å²) in [6.45, 7) is 2.22. The normalized spacial score (nSPS) is 17.8. The maximum atomic E-state index is 4.73. The highest BCUT2D eigenvalue weighted by atomic mass is 15.2. The van der Waals surface area contributed by atoms with E-state index in [1.165, 1.54) is 39.1 Å². The van der Waals surface area contributed by atoms with Crippen molar-refractivity contribution in [3.8, 4) is 11.4 Å². The van der Waals surface area contributed by atoms with Gasteiger partial charge in [0.2, 0.25) is 0 Å². The Hall–Kier alpha value is -3.27. The Labute approximate surface area is 165 Å². The molecule has 0 bridgehead atoms. The van der Waals surface area contributed by atoms with Gasteiger partial charge in [0.15, 0.2) is 0 Å². The van der Waals surface area contributed by atoms with E-state index in [0.29, 0.717) is 0 Å². The third-order valence-electron chi connectivity index (χ3n) is 5.97. The fraction of sp³-hybridized carbons (Fsp3) is 0.125. The van der Waals surface area contributed by atoms with Crippen molar-refractivity contribution in [2.75, 3.05) is 4.81 Å². The fourth-order valence-corrected chi connectivity index (χ4v) is 4.71. The van der Waals surface area contributed by atoms with Gasteiger partial charge in [-0.25, -0.2) is 4.98 Å². The maximum Gasteiger partial charge on any atom is 0.422 e. The van der Waals surface area contributed by atoms with Crippen molar-refractivity contribution in [1.82, 2.24) is 9.46 Å². The molecule has 28 heavy (non-hydrogen) atoms. The zero-order valence-corrected chi connectivity index (χ0v) is 15.8. The standard InChI is InChI=1S/C24H20BN3/c1-17-10-13-20-23(16-17)28-22-9-5-3-7-19(22)12-11-18-6-2-4-8-21(18)25(28)27-15-14-26-24(20)27/h2,4,6-16H,3,5H2,1H3/b12-11-. The lowest BCUT2D eigenvalue weighted by atomic mass is 9.60. The number of allylic oxidation sites excluding steroid dienone is 3. The number of imidazole rings is 1. The van der Waals surface area contributed by atoms with Crippen LogP contribution in [0.1, 0.15) is 24.0 Å². The smallest absolute Gasteiger partial charge is 0.361 e. The van der Waals surface area contributed by atoms with E-state index < -0.39 is 0 Å². The Morgan fingerprint density at radius 3 is 2.86 bits per heavy atom. The molecular weight excluding hydrogens is 341 g/mol. The predicted molar refractivity (Wildman–Crippen MR) is 117 cm³/mol. The lowest BCUT2D eigenvalue weighted by Gasteiger charge is -2.41. The minimum atomic E-state index is 0.0562. The molecule has 0 N–H and O–H groups in total. The Balaban J connectivity index is 1.73. The molecule has 0 unspecified atom stereocenters. The summed E-state index contributed by atoms with van der Waals surface area (Å²) in [7, 11) is 0. The summed E-state index contributed by atoms with van der Waals surface area (Å²) < 4.78 is 2.32. The third-order valence-corrected chi connectivity index (χ3v) is 5.97. The number of hydrogen-bond donors (Lipinski definition) is 0. The molecule has 0 atom stereocenters. The number of rotatable bonds is 0. The van der Waals surface area contributed by atoms with Crippen molar-refractivity contribution in [2.24, 2.45) is 0 Å². The number of nitrogens with zero attached hydrogens (tertiary/aromatic N) is 3. The molecular formula is C24H20BN3. The lowest BCUT2D eigenvalue weighted by Crippen LogP contribution is -2.57. The first-order chi connectivity index (χ1) is 13.8. The number of aryl methyl sites for hydroxylation is 1. The van der Waals surface area contributed by atoms with E-state index in [9.17, 15) is 0 Å². The first kappa shape index (κ1) is 15.8. The molecule has 134 valence electrons. The maximum absolute atomic E-state index is 4.73. The van der Waals surface area contributed by atoms with Gasteiger partial charge in [0.25, 0.3) is 0 Å². The van der Waals surface area contributed by atoms with Crippen LogP contribution < -0.4 is 10.3 Å². The second-order valence-electron chi connectivity index (χ2n) is 7.71. The number of benzene rings is 2. The Morgan fingerprint density at radius 1 is 1.00 bits per heavy atom. The van der Waals surface area contributed by atoms with E-state index in [1.807, 2.05) is 6.20 Å². The second kappa shape index (κ2) is 5.87. The molecule has 0 saturated carbocycles. The van der Waals surface area contributed by atoms with E-state index in [4.69, 9.17) is 4.98 Å². The van der Waals surface area contributed by atoms with Crippen molar-refractivity contribution >= 4 is 24.2 Å². The van der Waals surface area contributed by atoms with Crippen LogP contribution in [0.2, 0.25) is 0 Å². The molecule has 1 aliphatic carbocycles. The van der Waals surface area contributed by atoms with Crippen molar-refractivity contribution in [3.05, 3.63) is 95.5 Å². The number of hydrogen-bond acceptors (Lipinski definition) is 2. The molecule has 0 saturated heterocycles. The van der Waals surface area contributed by atoms with Gasteiger partial charge in [0, 0.05) is 29.3 Å². The van der Waals surface area contributed by atoms with Gasteiger partial charge in [0.1, 0.15) is 5.82 Å². The van der Waals surface area contributed by atoms with Gasteiger partial charge in [-0.1, -0.05) is 54.6 Å². The summed E-state index contributed by atoms with van der Waals surface area (Å²) in [6.07, 6.45) is 15.5. The Morgan fingerprint density at radius 2 is 1.89 bits per heavy atom. The SMILES string of the molecule is Cc1ccc2c(c1)N1B(c3ccccc3/C=C\C3=CCCC=C31)n1ccnc1-2. The van der Waals surface area contributed by atoms with Gasteiger partial charge in [-0.3, -0.25) is 0 Å². The van der Waals surface area contributed by atoms with Gasteiger partial charge in [0.05, 0.1) is 0 Å². The monoisotopic (exact) mass is 361 g/mol. The van der Waals surface area contributed by atoms with Crippen LogP contribution in [0.4, 0.5) is 5.69 Å². The van der Waals surface area contributed by atoms with E-state index in [1.54, 1.807) is 0 Å². The van der Waals surface area contributed by atoms with Crippen LogP contribution in [0, 0.1) is 6.92 Å². The van der Waals surface area contributed by atoms with E-state index in [-0.39, 0.29) is 6.98 Å². The van der Waals surface area contributed by atoms with Crippen LogP contribution in [0.5, 0.6) is 0 Å². The van der Waals surface area contributed by atoms with E-state index in [2.05, 4.69) is 89.2 Å². The lowest BCUT2D eigenvalue weighted by molar-refractivity contribution is 0.977. The average molecular weight is 361 g/mol. The van der Waals surface area contributed by atoms with Crippen molar-refractivity contribution in [1.29, 1.82) is 0 Å². The molecule has 0 radical (unpaired) electrons. The summed E-state index contributed by atoms with van der Waals surface area (Å²) in [4.78, 5) is 7.25. The average Bonchev–Trinajstić information content (AvgIpc) is 3.20. The summed E-state index contributed by atoms with van der Waals surface area (Å²) in [5, 5.41) is 0. The van der Waals surface area contributed by atoms with E-state index >= 15 is 0 Å². The molecule has 6 rings (SSSR count). The topological polar surface area (TPSA) is 21.1 Å². The van der Waals surface area contributed by atoms with Gasteiger partial charge >= 0.3 is 6.98 Å². The zero-order chi connectivity index (χ0) is 18.7.